The number of fused-ring (bicyclic) bond motifs is 9. The average molecular weight is 1940 g/mol. The third kappa shape index (κ3) is 16.9. The number of methoxy groups -OCH3 is 2. The molecular formula is C97H113Cl6F3N10O16. The molecule has 18 rings (SSSR count). The molecule has 9 fully saturated rings. The number of nitrogens with two attached hydrogens (primary N) is 1. The number of anilines is 3. The lowest BCUT2D eigenvalue weighted by Gasteiger charge is -2.50. The Morgan fingerprint density at radius 1 is 0.424 bits per heavy atom. The van der Waals surface area contributed by atoms with Gasteiger partial charge in [0.15, 0.2) is 61.3 Å². The minimum Gasteiger partial charge on any atom is -0.480 e. The number of ketones is 2. The Kier molecular flexibility index (Phi) is 27.2. The van der Waals surface area contributed by atoms with Crippen molar-refractivity contribution < 1.29 is 90.2 Å². The van der Waals surface area contributed by atoms with Crippen molar-refractivity contribution in [1.29, 1.82) is 0 Å². The number of hydrogen-bond acceptors (Lipinski definition) is 21. The van der Waals surface area contributed by atoms with Crippen molar-refractivity contribution in [1.82, 2.24) is 30.9 Å². The summed E-state index contributed by atoms with van der Waals surface area (Å²) in [4.78, 5) is 131. The molecule has 6 spiro atoms. The van der Waals surface area contributed by atoms with Gasteiger partial charge in [-0.2, -0.15) is 0 Å². The molecule has 3 amide bonds. The third-order valence-electron chi connectivity index (χ3n) is 31.6. The molecule has 9 aliphatic heterocycles. The monoisotopic (exact) mass is 1940 g/mol. The van der Waals surface area contributed by atoms with Crippen molar-refractivity contribution in [2.75, 3.05) is 50.0 Å². The molecule has 4 unspecified atom stereocenters. The molecule has 35 heteroatoms. The highest BCUT2D eigenvalue weighted by molar-refractivity contribution is 6.33. The highest BCUT2D eigenvalue weighted by Gasteiger charge is 2.77. The van der Waals surface area contributed by atoms with E-state index in [1.54, 1.807) is 63.2 Å². The molecule has 0 radical (unpaired) electrons. The quantitative estimate of drug-likeness (QED) is 0.0383. The van der Waals surface area contributed by atoms with Gasteiger partial charge in [-0.1, -0.05) is 129 Å². The lowest BCUT2D eigenvalue weighted by molar-refractivity contribution is -0.177. The molecule has 12 aliphatic rings. The minimum atomic E-state index is -1.36. The van der Waals surface area contributed by atoms with Gasteiger partial charge in [0.2, 0.25) is 17.7 Å². The van der Waals surface area contributed by atoms with Gasteiger partial charge in [-0.25, -0.2) is 42.5 Å². The van der Waals surface area contributed by atoms with Gasteiger partial charge in [0, 0.05) is 104 Å². The number of Topliss-reactive ketones (excluding diaryl/α,β-unsaturated/α-hetero) is 2. The molecule has 3 aliphatic carbocycles. The van der Waals surface area contributed by atoms with E-state index in [0.29, 0.717) is 120 Å². The van der Waals surface area contributed by atoms with E-state index in [0.717, 1.165) is 44.9 Å². The molecule has 6 saturated heterocycles. The summed E-state index contributed by atoms with van der Waals surface area (Å²) in [5.41, 5.74) is 0.0615. The normalized spacial score (nSPS) is 31.9. The van der Waals surface area contributed by atoms with Crippen LogP contribution >= 0.6 is 69.6 Å². The highest BCUT2D eigenvalue weighted by atomic mass is 35.5. The molecule has 3 saturated carbocycles. The van der Waals surface area contributed by atoms with E-state index in [1.165, 1.54) is 51.0 Å². The Morgan fingerprint density at radius 3 is 1.00 bits per heavy atom. The van der Waals surface area contributed by atoms with Gasteiger partial charge in [-0.3, -0.25) is 44.7 Å². The zero-order valence-electron chi connectivity index (χ0n) is 75.6. The molecule has 132 heavy (non-hydrogen) atoms. The molecule has 710 valence electrons. The Hall–Kier alpha value is -8.01. The molecular weight excluding hydrogens is 1830 g/mol. The van der Waals surface area contributed by atoms with Crippen LogP contribution in [-0.4, -0.2) is 170 Å². The van der Waals surface area contributed by atoms with Crippen LogP contribution in [0.1, 0.15) is 242 Å². The highest BCUT2D eigenvalue weighted by Crippen LogP contribution is 2.69. The van der Waals surface area contributed by atoms with Gasteiger partial charge < -0.3 is 55.6 Å². The molecule has 3 aromatic carbocycles. The summed E-state index contributed by atoms with van der Waals surface area (Å²) in [5.74, 6) is -9.76. The number of amides is 3. The van der Waals surface area contributed by atoms with E-state index < -0.39 is 121 Å². The lowest BCUT2D eigenvalue weighted by atomic mass is 9.53. The van der Waals surface area contributed by atoms with Crippen LogP contribution in [0.4, 0.5) is 30.2 Å². The fourth-order valence-corrected chi connectivity index (χ4v) is 24.9. The molecule has 12 heterocycles. The van der Waals surface area contributed by atoms with Crippen LogP contribution in [-0.2, 0) is 83.1 Å². The number of nitrogens with one attached hydrogen (secondary N) is 6. The van der Waals surface area contributed by atoms with E-state index >= 15 is 13.2 Å². The second kappa shape index (κ2) is 36.5. The number of benzene rings is 3. The number of carbonyl (C=O) groups excluding carboxylic acids is 7. The van der Waals surface area contributed by atoms with Crippen molar-refractivity contribution in [3.63, 3.8) is 0 Å². The van der Waals surface area contributed by atoms with Crippen molar-refractivity contribution in [3.05, 3.63) is 173 Å². The van der Waals surface area contributed by atoms with E-state index in [4.69, 9.17) is 94.3 Å². The van der Waals surface area contributed by atoms with Crippen LogP contribution in [0.2, 0.25) is 30.5 Å². The third-order valence-corrected chi connectivity index (χ3v) is 33.1. The van der Waals surface area contributed by atoms with Gasteiger partial charge >= 0.3 is 23.9 Å². The van der Waals surface area contributed by atoms with Crippen molar-refractivity contribution in [2.45, 2.75) is 282 Å². The number of aromatic nitrogens is 3. The number of rotatable bonds is 13. The first-order chi connectivity index (χ1) is 62.1. The predicted molar refractivity (Wildman–Crippen MR) is 491 cm³/mol. The number of halogens is 9. The van der Waals surface area contributed by atoms with Gasteiger partial charge in [0.05, 0.1) is 46.1 Å². The van der Waals surface area contributed by atoms with E-state index in [1.807, 2.05) is 12.1 Å². The summed E-state index contributed by atoms with van der Waals surface area (Å²) < 4.78 is 74.0. The number of carboxylic acid groups (broad SMARTS) is 2. The Morgan fingerprint density at radius 2 is 0.720 bits per heavy atom. The van der Waals surface area contributed by atoms with Crippen molar-refractivity contribution >= 4 is 140 Å². The van der Waals surface area contributed by atoms with E-state index in [-0.39, 0.29) is 134 Å². The smallest absolute Gasteiger partial charge is 0.337 e. The summed E-state index contributed by atoms with van der Waals surface area (Å²) in [6, 6.07) is 17.2. The van der Waals surface area contributed by atoms with E-state index in [2.05, 4.69) is 93.1 Å². The Labute approximate surface area is 794 Å². The van der Waals surface area contributed by atoms with Gasteiger partial charge in [-0.05, 0) is 252 Å². The maximum Gasteiger partial charge on any atom is 0.337 e. The molecule has 26 nitrogen and oxygen atoms in total. The Bertz CT molecular complexity index is 5580. The molecule has 15 atom stereocenters. The summed E-state index contributed by atoms with van der Waals surface area (Å²) in [6.45, 7) is 18.9. The Balaban J connectivity index is 0.000000143. The van der Waals surface area contributed by atoms with Crippen LogP contribution in [0.5, 0.6) is 0 Å². The summed E-state index contributed by atoms with van der Waals surface area (Å²) >= 11 is 37.4. The second-order valence-corrected chi connectivity index (χ2v) is 43.5. The summed E-state index contributed by atoms with van der Waals surface area (Å²) in [5, 5.41) is 39.9. The second-order valence-electron chi connectivity index (χ2n) is 41.1. The summed E-state index contributed by atoms with van der Waals surface area (Å²) in [6.07, 6.45) is 16.0. The first-order valence-electron chi connectivity index (χ1n) is 45.0. The number of esters is 2. The summed E-state index contributed by atoms with van der Waals surface area (Å²) in [7, 11) is 2.69. The largest absolute Gasteiger partial charge is 0.480 e. The zero-order chi connectivity index (χ0) is 95.6. The van der Waals surface area contributed by atoms with Crippen LogP contribution in [0.3, 0.4) is 0 Å². The SMILES string of the molecule is CC1(C)CCC2(CC1)N[C@@H](C(=O)C[C@@H]1CCC(C)(C(=O)O)OC1)[C@H](c1ccnc(Cl)c1F)[C@]21C(=O)Nc2cc(Cl)ccc21.CC1(C)CCC2(CC1)N[C@@H](C(=O)O)[C@H](c1ccnc(Cl)c1F)C21C(=O)Nc2cc(Cl)ccc21.COC(=O)C1(C)CC[C@@H](CC(=O)[C@@H]2NC3(CCC(C)(C)CC3)[C@@]3(C(=O)Nc4cc(Cl)ccc43)[C@H]2c2ccnc(Cl)c2F)CO1.COC(=O)C1(C)CC[C@@H](N)CO1. The zero-order valence-corrected chi connectivity index (χ0v) is 80.1. The molecule has 0 bridgehead atoms. The molecule has 6 aromatic rings. The lowest BCUT2D eigenvalue weighted by Crippen LogP contribution is -2.61. The topological polar surface area (TPSA) is 377 Å². The van der Waals surface area contributed by atoms with Gasteiger partial charge in [0.1, 0.15) is 22.3 Å². The fraction of sp³-hybridized carbons (Fsp3) is 0.567. The number of ether oxygens (including phenoxy) is 5. The standard InChI is InChI=1S/C33H38Cl2FN3O5.C32H36Cl2FN3O5.C24H24Cl2FN3O3.C8H15NO3/c1-30(2)10-12-32(13-11-30)33(21-6-5-19(34)16-22(21)38-28(33)41)24(20-8-14-37-27(35)25(20)36)26(39-32)23(40)15-18-7-9-31(3,44-17-18)29(42)43-4;1-29(2)9-11-31(12-10-29)32(20-5-4-18(33)15-21(20)37-27(32)40)23(19-7-13-36-26(34)24(19)35)25(38-31)22(39)14-17-6-8-30(3,28(41)42)43-16-17;1-22(2)6-8-23(9-7-22)24(14-4-3-12(25)11-15(14)29-21(24)33)16(18(30-23)20(31)32)13-5-10-28-19(26)17(13)27;1-8(7(10)11-2)4-3-6(9)5-12-8/h5-6,8,14,16,18,24,26,39H,7,9-13,15,17H2,1-4H3,(H,38,41);4-5,7,13,15,17,23,25,38H,6,8-12,14,16H2,1-3H3,(H,37,40)(H,41,42);3-5,10-11,16,18,30H,6-9H2,1-2H3,(H,29,33)(H,31,32);6H,3-5,9H2,1-2H3/t18-,24-,26-,31?,33+;17-,23-,25-,30?,32+;16-,18+,24?;6-,8?/m0001/s1. The average Bonchev–Trinajstić information content (AvgIpc) is 1.51. The maximum atomic E-state index is 16.1. The van der Waals surface area contributed by atoms with Crippen LogP contribution in [0.15, 0.2) is 91.4 Å². The predicted octanol–water partition coefficient (Wildman–Crippen LogP) is 17.1. The molecule has 10 N–H and O–H groups in total. The number of nitrogens with zero attached hydrogens (tertiary/aromatic N) is 3. The van der Waals surface area contributed by atoms with Gasteiger partial charge in [0.25, 0.3) is 0 Å². The number of pyridine rings is 3. The first-order valence-corrected chi connectivity index (χ1v) is 47.3. The number of carboxylic acids is 2. The first kappa shape index (κ1) is 98.5. The van der Waals surface area contributed by atoms with E-state index in [9.17, 15) is 53.4 Å². The minimum absolute atomic E-state index is 0.0328. The van der Waals surface area contributed by atoms with Crippen LogP contribution in [0.25, 0.3) is 0 Å². The van der Waals surface area contributed by atoms with Crippen molar-refractivity contribution in [3.8, 4) is 0 Å². The van der Waals surface area contributed by atoms with Gasteiger partial charge in [-0.15, -0.1) is 0 Å². The molecule has 3 aromatic heterocycles. The van der Waals surface area contributed by atoms with Crippen LogP contribution < -0.4 is 37.6 Å². The van der Waals surface area contributed by atoms with Crippen molar-refractivity contribution in [2.24, 2.45) is 33.8 Å². The number of aliphatic carboxylic acids is 2. The fourth-order valence-electron chi connectivity index (χ4n) is 23.9. The number of hydrogen-bond donors (Lipinski definition) is 9. The number of carbonyl (C=O) groups is 9. The maximum absolute atomic E-state index is 16.1. The van der Waals surface area contributed by atoms with Crippen LogP contribution in [0, 0.1) is 45.5 Å².